The molecule has 1 amide bonds. The van der Waals surface area contributed by atoms with Gasteiger partial charge in [0, 0.05) is 16.0 Å². The van der Waals surface area contributed by atoms with Gasteiger partial charge in [0.15, 0.2) is 0 Å². The molecule has 0 unspecified atom stereocenters. The Hall–Kier alpha value is -2.66. The van der Waals surface area contributed by atoms with Gasteiger partial charge >= 0.3 is 0 Å². The summed E-state index contributed by atoms with van der Waals surface area (Å²) in [6.45, 7) is 0. The lowest BCUT2D eigenvalue weighted by molar-refractivity contribution is -0.122. The number of rotatable bonds is 5. The first-order valence-electron chi connectivity index (χ1n) is 8.44. The Kier molecular flexibility index (Phi) is 4.71. The highest BCUT2D eigenvalue weighted by atomic mass is 79.9. The van der Waals surface area contributed by atoms with E-state index in [1.54, 1.807) is 0 Å². The van der Waals surface area contributed by atoms with Gasteiger partial charge in [-0.3, -0.25) is 4.79 Å². The third kappa shape index (κ3) is 3.78. The van der Waals surface area contributed by atoms with Crippen LogP contribution in [0.1, 0.15) is 23.7 Å². The van der Waals surface area contributed by atoms with Crippen LogP contribution in [0.15, 0.2) is 80.7 Å². The van der Waals surface area contributed by atoms with E-state index in [9.17, 15) is 4.79 Å². The molecule has 5 heteroatoms. The molecule has 2 atom stereocenters. The third-order valence-electron chi connectivity index (χ3n) is 4.48. The summed E-state index contributed by atoms with van der Waals surface area (Å²) in [7, 11) is 0. The quantitative estimate of drug-likeness (QED) is 0.478. The van der Waals surface area contributed by atoms with E-state index >= 15 is 0 Å². The van der Waals surface area contributed by atoms with Crippen LogP contribution >= 0.6 is 15.9 Å². The molecular weight excluding hydrogens is 392 g/mol. The van der Waals surface area contributed by atoms with Crippen molar-refractivity contribution in [1.82, 2.24) is 5.43 Å². The van der Waals surface area contributed by atoms with Gasteiger partial charge in [-0.05, 0) is 42.2 Å². The van der Waals surface area contributed by atoms with Gasteiger partial charge in [-0.1, -0.05) is 58.4 Å². The molecule has 2 aromatic carbocycles. The molecule has 4 nitrogen and oxygen atoms in total. The lowest BCUT2D eigenvalue weighted by atomic mass is 10.1. The summed E-state index contributed by atoms with van der Waals surface area (Å²) in [5, 5.41) is 4.03. The van der Waals surface area contributed by atoms with Crippen LogP contribution in [0.3, 0.4) is 0 Å². The van der Waals surface area contributed by atoms with Gasteiger partial charge in [0.2, 0.25) is 5.91 Å². The van der Waals surface area contributed by atoms with E-state index in [4.69, 9.17) is 4.42 Å². The number of carbonyl (C=O) groups excluding carboxylic acids is 1. The van der Waals surface area contributed by atoms with Gasteiger partial charge in [0.25, 0.3) is 0 Å². The van der Waals surface area contributed by atoms with Gasteiger partial charge in [0.1, 0.15) is 11.5 Å². The Bertz CT molecular complexity index is 932. The fourth-order valence-corrected chi connectivity index (χ4v) is 3.25. The van der Waals surface area contributed by atoms with Gasteiger partial charge < -0.3 is 4.42 Å². The minimum Gasteiger partial charge on any atom is -0.455 e. The lowest BCUT2D eigenvalue weighted by Crippen LogP contribution is -2.20. The number of nitrogens with one attached hydrogen (secondary N) is 1. The largest absolute Gasteiger partial charge is 0.455 e. The summed E-state index contributed by atoms with van der Waals surface area (Å²) in [5.74, 6) is 1.62. The van der Waals surface area contributed by atoms with E-state index in [0.29, 0.717) is 11.7 Å². The maximum absolute atomic E-state index is 12.2. The van der Waals surface area contributed by atoms with Crippen molar-refractivity contribution in [1.29, 1.82) is 0 Å². The van der Waals surface area contributed by atoms with Crippen molar-refractivity contribution < 1.29 is 9.21 Å². The van der Waals surface area contributed by atoms with Crippen molar-refractivity contribution in [2.24, 2.45) is 11.0 Å². The molecule has 1 saturated carbocycles. The van der Waals surface area contributed by atoms with Crippen LogP contribution in [-0.4, -0.2) is 12.1 Å². The second-order valence-corrected chi connectivity index (χ2v) is 7.22. The van der Waals surface area contributed by atoms with Gasteiger partial charge in [-0.25, -0.2) is 5.43 Å². The van der Waals surface area contributed by atoms with Crippen molar-refractivity contribution in [3.05, 3.63) is 82.5 Å². The Balaban J connectivity index is 1.33. The van der Waals surface area contributed by atoms with E-state index < -0.39 is 0 Å². The summed E-state index contributed by atoms with van der Waals surface area (Å²) >= 11 is 3.41. The lowest BCUT2D eigenvalue weighted by Gasteiger charge is -1.99. The molecule has 1 N–H and O–H groups in total. The van der Waals surface area contributed by atoms with Crippen molar-refractivity contribution in [2.45, 2.75) is 12.3 Å². The summed E-state index contributed by atoms with van der Waals surface area (Å²) in [6.07, 6.45) is 2.40. The maximum atomic E-state index is 12.2. The van der Waals surface area contributed by atoms with Crippen LogP contribution in [0.2, 0.25) is 0 Å². The van der Waals surface area contributed by atoms with Gasteiger partial charge in [-0.15, -0.1) is 0 Å². The number of benzene rings is 2. The van der Waals surface area contributed by atoms with Crippen LogP contribution in [0.25, 0.3) is 11.3 Å². The average Bonchev–Trinajstić information content (AvgIpc) is 3.34. The second kappa shape index (κ2) is 7.30. The molecule has 1 heterocycles. The van der Waals surface area contributed by atoms with Crippen LogP contribution < -0.4 is 5.43 Å². The molecule has 1 aliphatic carbocycles. The maximum Gasteiger partial charge on any atom is 0.243 e. The first-order valence-corrected chi connectivity index (χ1v) is 9.23. The van der Waals surface area contributed by atoms with E-state index in [1.807, 2.05) is 54.6 Å². The molecule has 0 saturated heterocycles. The molecule has 0 radical (unpaired) electrons. The molecule has 26 heavy (non-hydrogen) atoms. The monoisotopic (exact) mass is 408 g/mol. The number of furan rings is 1. The minimum absolute atomic E-state index is 0.00415. The fraction of sp³-hybridized carbons (Fsp3) is 0.143. The highest BCUT2D eigenvalue weighted by Crippen LogP contribution is 2.47. The summed E-state index contributed by atoms with van der Waals surface area (Å²) in [4.78, 5) is 12.2. The van der Waals surface area contributed by atoms with Gasteiger partial charge in [-0.2, -0.15) is 5.10 Å². The molecule has 130 valence electrons. The van der Waals surface area contributed by atoms with Crippen LogP contribution in [0, 0.1) is 5.92 Å². The summed E-state index contributed by atoms with van der Waals surface area (Å²) in [5.41, 5.74) is 4.81. The zero-order valence-corrected chi connectivity index (χ0v) is 15.5. The number of amides is 1. The predicted molar refractivity (Wildman–Crippen MR) is 105 cm³/mol. The highest BCUT2D eigenvalue weighted by Gasteiger charge is 2.43. The minimum atomic E-state index is -0.0465. The first-order chi connectivity index (χ1) is 12.7. The topological polar surface area (TPSA) is 54.6 Å². The molecular formula is C21H17BrN2O2. The number of hydrogen-bond donors (Lipinski definition) is 1. The number of nitrogens with zero attached hydrogens (tertiary/aromatic N) is 1. The fourth-order valence-electron chi connectivity index (χ4n) is 2.99. The molecule has 0 aliphatic heterocycles. The predicted octanol–water partition coefficient (Wildman–Crippen LogP) is 4.96. The smallest absolute Gasteiger partial charge is 0.243 e. The van der Waals surface area contributed by atoms with Crippen molar-refractivity contribution in [3.63, 3.8) is 0 Å². The molecule has 0 spiro atoms. The Morgan fingerprint density at radius 1 is 1.08 bits per heavy atom. The average molecular weight is 409 g/mol. The van der Waals surface area contributed by atoms with E-state index in [2.05, 4.69) is 38.6 Å². The van der Waals surface area contributed by atoms with Crippen molar-refractivity contribution >= 4 is 28.1 Å². The number of hydrazone groups is 1. The summed E-state index contributed by atoms with van der Waals surface area (Å²) in [6, 6.07) is 21.7. The Labute approximate surface area is 160 Å². The third-order valence-corrected chi connectivity index (χ3v) is 5.01. The number of halogens is 1. The molecule has 1 aliphatic rings. The Morgan fingerprint density at radius 3 is 2.62 bits per heavy atom. The standard InChI is InChI=1S/C21H17BrN2O2/c22-16-8-6-15(7-9-16)20-11-10-17(26-20)13-23-24-21(25)19-12-18(19)14-4-2-1-3-5-14/h1-11,13,18-19H,12H2,(H,24,25)/b23-13-/t18-,19-/m0/s1. The highest BCUT2D eigenvalue weighted by molar-refractivity contribution is 9.10. The van der Waals surface area contributed by atoms with Crippen LogP contribution in [-0.2, 0) is 4.79 Å². The molecule has 1 aromatic heterocycles. The Morgan fingerprint density at radius 2 is 1.85 bits per heavy atom. The normalized spacial score (nSPS) is 18.8. The zero-order valence-electron chi connectivity index (χ0n) is 13.9. The molecule has 4 rings (SSSR count). The van der Waals surface area contributed by atoms with E-state index in [1.165, 1.54) is 11.8 Å². The summed E-state index contributed by atoms with van der Waals surface area (Å²) < 4.78 is 6.76. The van der Waals surface area contributed by atoms with Crippen LogP contribution in [0.5, 0.6) is 0 Å². The zero-order chi connectivity index (χ0) is 17.9. The van der Waals surface area contributed by atoms with Crippen molar-refractivity contribution in [2.75, 3.05) is 0 Å². The van der Waals surface area contributed by atoms with Gasteiger partial charge in [0.05, 0.1) is 6.21 Å². The molecule has 3 aromatic rings. The SMILES string of the molecule is O=C(N/N=C\c1ccc(-c2ccc(Br)cc2)o1)[C@H]1C[C@H]1c1ccccc1. The second-order valence-electron chi connectivity index (χ2n) is 6.30. The van der Waals surface area contributed by atoms with Crippen LogP contribution in [0.4, 0.5) is 0 Å². The number of carbonyl (C=O) groups is 1. The van der Waals surface area contributed by atoms with E-state index in [0.717, 1.165) is 22.2 Å². The van der Waals surface area contributed by atoms with E-state index in [-0.39, 0.29) is 11.8 Å². The molecule has 1 fully saturated rings. The molecule has 0 bridgehead atoms. The first kappa shape index (κ1) is 16.8. The van der Waals surface area contributed by atoms with Crippen molar-refractivity contribution in [3.8, 4) is 11.3 Å². The number of hydrogen-bond acceptors (Lipinski definition) is 3.